The van der Waals surface area contributed by atoms with Gasteiger partial charge in [-0.3, -0.25) is 10.0 Å². The Labute approximate surface area is 247 Å². The average molecular weight is 609 g/mol. The zero-order valence-electron chi connectivity index (χ0n) is 22.9. The van der Waals surface area contributed by atoms with Crippen LogP contribution in [0.1, 0.15) is 10.4 Å². The number of amides is 1. The van der Waals surface area contributed by atoms with Gasteiger partial charge < -0.3 is 33.6 Å². The highest BCUT2D eigenvalue weighted by atomic mass is 32.2. The van der Waals surface area contributed by atoms with Gasteiger partial charge in [0, 0.05) is 11.8 Å². The Kier molecular flexibility index (Phi) is 9.85. The van der Waals surface area contributed by atoms with Gasteiger partial charge in [0.25, 0.3) is 10.0 Å². The Balaban J connectivity index is 1.65. The van der Waals surface area contributed by atoms with E-state index in [-0.39, 0.29) is 46.9 Å². The second kappa shape index (κ2) is 13.9. The molecule has 0 bridgehead atoms. The number of carboxylic acid groups (broad SMARTS) is 1. The number of rotatable bonds is 13. The van der Waals surface area contributed by atoms with Crippen molar-refractivity contribution in [1.82, 2.24) is 4.98 Å². The molecule has 4 aromatic rings. The molecule has 0 saturated carbocycles. The van der Waals surface area contributed by atoms with Gasteiger partial charge in [-0.15, -0.1) is 0 Å². The van der Waals surface area contributed by atoms with Crippen molar-refractivity contribution in [3.63, 3.8) is 0 Å². The van der Waals surface area contributed by atoms with E-state index in [0.29, 0.717) is 11.5 Å². The normalized spacial score (nSPS) is 10.7. The number of carbonyl (C=O) groups excluding carboxylic acids is 2. The van der Waals surface area contributed by atoms with E-state index in [4.69, 9.17) is 23.7 Å². The summed E-state index contributed by atoms with van der Waals surface area (Å²) in [5, 5.41) is 14.3. The third kappa shape index (κ3) is 8.04. The maximum Gasteiger partial charge on any atom is 0.412 e. The molecule has 43 heavy (non-hydrogen) atoms. The van der Waals surface area contributed by atoms with Crippen molar-refractivity contribution in [2.45, 2.75) is 4.90 Å². The lowest BCUT2D eigenvalue weighted by atomic mass is 10.1. The molecule has 1 aromatic heterocycles. The highest BCUT2D eigenvalue weighted by Gasteiger charge is 2.23. The van der Waals surface area contributed by atoms with Crippen LogP contribution in [0.2, 0.25) is 0 Å². The summed E-state index contributed by atoms with van der Waals surface area (Å²) in [7, 11) is -1.41. The maximum atomic E-state index is 13.3. The van der Waals surface area contributed by atoms with Gasteiger partial charge in [-0.1, -0.05) is 18.2 Å². The van der Waals surface area contributed by atoms with Crippen LogP contribution in [0.4, 0.5) is 16.3 Å². The van der Waals surface area contributed by atoms with E-state index in [1.54, 1.807) is 42.5 Å². The van der Waals surface area contributed by atoms with E-state index >= 15 is 0 Å². The van der Waals surface area contributed by atoms with Gasteiger partial charge in [0.2, 0.25) is 0 Å². The van der Waals surface area contributed by atoms with Gasteiger partial charge in [0.15, 0.2) is 23.0 Å². The number of carbonyl (C=O) groups is 2. The number of carboxylic acids is 1. The first-order chi connectivity index (χ1) is 20.7. The number of aromatic nitrogens is 1. The number of pyridine rings is 1. The van der Waals surface area contributed by atoms with E-state index in [0.717, 1.165) is 12.1 Å². The monoisotopic (exact) mass is 608 g/mol. The number of nitrogens with zero attached hydrogens (tertiary/aromatic N) is 1. The highest BCUT2D eigenvalue weighted by Crippen LogP contribution is 2.43. The molecule has 0 aliphatic heterocycles. The van der Waals surface area contributed by atoms with Gasteiger partial charge in [-0.05, 0) is 60.7 Å². The number of hydrogen-bond donors (Lipinski definition) is 2. The third-order valence-corrected chi connectivity index (χ3v) is 7.04. The number of methoxy groups -OCH3 is 2. The summed E-state index contributed by atoms with van der Waals surface area (Å²) in [6, 6.07) is 19.1. The maximum absolute atomic E-state index is 13.3. The zero-order chi connectivity index (χ0) is 30.8. The van der Waals surface area contributed by atoms with Crippen molar-refractivity contribution >= 4 is 33.6 Å². The molecule has 2 N–H and O–H groups in total. The minimum absolute atomic E-state index is 0.134. The first-order valence-corrected chi connectivity index (χ1v) is 14.0. The van der Waals surface area contributed by atoms with Gasteiger partial charge in [-0.25, -0.2) is 18.2 Å². The Morgan fingerprint density at radius 2 is 1.58 bits per heavy atom. The van der Waals surface area contributed by atoms with Crippen molar-refractivity contribution < 1.29 is 46.8 Å². The minimum Gasteiger partial charge on any atom is -0.545 e. The number of aromatic carboxylic acids is 1. The van der Waals surface area contributed by atoms with E-state index in [9.17, 15) is 23.1 Å². The van der Waals surface area contributed by atoms with Crippen molar-refractivity contribution in [1.29, 1.82) is 0 Å². The molecule has 0 spiro atoms. The fraction of sp³-hybridized carbons (Fsp3) is 0.138. The van der Waals surface area contributed by atoms with Crippen LogP contribution in [-0.2, 0) is 14.8 Å². The fourth-order valence-corrected chi connectivity index (χ4v) is 4.70. The molecule has 14 heteroatoms. The number of ether oxygens (including phenoxy) is 5. The molecule has 4 rings (SSSR count). The lowest BCUT2D eigenvalue weighted by molar-refractivity contribution is -0.255. The van der Waals surface area contributed by atoms with Crippen LogP contribution >= 0.6 is 0 Å². The van der Waals surface area contributed by atoms with E-state index in [1.807, 2.05) is 0 Å². The second-order valence-corrected chi connectivity index (χ2v) is 10.2. The predicted molar refractivity (Wildman–Crippen MR) is 152 cm³/mol. The number of nitrogens with one attached hydrogen (secondary N) is 2. The molecule has 224 valence electrons. The largest absolute Gasteiger partial charge is 0.545 e. The molecular weight excluding hydrogens is 582 g/mol. The van der Waals surface area contributed by atoms with E-state index in [1.165, 1.54) is 44.7 Å². The smallest absolute Gasteiger partial charge is 0.412 e. The summed E-state index contributed by atoms with van der Waals surface area (Å²) >= 11 is 0. The summed E-state index contributed by atoms with van der Waals surface area (Å²) in [6.45, 7) is -0.533. The second-order valence-electron chi connectivity index (χ2n) is 8.50. The van der Waals surface area contributed by atoms with Gasteiger partial charge in [-0.2, -0.15) is 0 Å². The van der Waals surface area contributed by atoms with Crippen LogP contribution in [0.25, 0.3) is 0 Å². The average Bonchev–Trinajstić information content (AvgIpc) is 3.01. The Bertz CT molecular complexity index is 1680. The van der Waals surface area contributed by atoms with Crippen molar-refractivity contribution in [3.05, 3.63) is 90.6 Å². The van der Waals surface area contributed by atoms with Gasteiger partial charge in [0.1, 0.15) is 24.8 Å². The molecule has 1 amide bonds. The SMILES string of the molecule is COc1ccc(S(=O)(=O)Nc2cc(C(=O)[O-])cc(OCCOC(=O)Nc3ccccn3)c2Oc2ccccc2OC)cc1. The number of sulfonamides is 1. The fourth-order valence-electron chi connectivity index (χ4n) is 3.64. The molecule has 0 aliphatic carbocycles. The van der Waals surface area contributed by atoms with Gasteiger partial charge >= 0.3 is 6.09 Å². The number of benzene rings is 3. The van der Waals surface area contributed by atoms with Crippen molar-refractivity contribution in [2.24, 2.45) is 0 Å². The van der Waals surface area contributed by atoms with E-state index in [2.05, 4.69) is 15.0 Å². The summed E-state index contributed by atoms with van der Waals surface area (Å²) in [6.07, 6.45) is 0.691. The molecule has 0 atom stereocenters. The Morgan fingerprint density at radius 1 is 0.860 bits per heavy atom. The summed E-state index contributed by atoms with van der Waals surface area (Å²) in [4.78, 5) is 27.8. The lowest BCUT2D eigenvalue weighted by Gasteiger charge is -2.20. The molecule has 0 saturated heterocycles. The Morgan fingerprint density at radius 3 is 2.23 bits per heavy atom. The van der Waals surface area contributed by atoms with Crippen molar-refractivity contribution in [2.75, 3.05) is 37.5 Å². The third-order valence-electron chi connectivity index (χ3n) is 5.65. The molecule has 13 nitrogen and oxygen atoms in total. The minimum atomic E-state index is -4.26. The summed E-state index contributed by atoms with van der Waals surface area (Å²) in [5.41, 5.74) is -0.684. The molecule has 0 aliphatic rings. The number of para-hydroxylation sites is 2. The van der Waals surface area contributed by atoms with Crippen LogP contribution < -0.4 is 34.1 Å². The zero-order valence-corrected chi connectivity index (χ0v) is 23.8. The van der Waals surface area contributed by atoms with Crippen LogP contribution in [-0.4, -0.2) is 52.9 Å². The predicted octanol–water partition coefficient (Wildman–Crippen LogP) is 3.68. The molecule has 0 fully saturated rings. The number of anilines is 2. The molecule has 0 radical (unpaired) electrons. The van der Waals surface area contributed by atoms with Crippen LogP contribution in [0.15, 0.2) is 90.0 Å². The van der Waals surface area contributed by atoms with E-state index < -0.39 is 27.6 Å². The standard InChI is InChI=1S/C29H27N3O10S/c1-38-20-10-12-21(13-11-20)43(36,37)32-22-17-19(28(33)34)18-25(27(22)42-24-8-4-3-7-23(24)39-2)40-15-16-41-29(35)31-26-9-5-6-14-30-26/h3-14,17-18,32H,15-16H2,1-2H3,(H,33,34)(H,30,31,35)/p-1. The number of hydrogen-bond acceptors (Lipinski definition) is 11. The molecule has 3 aromatic carbocycles. The van der Waals surface area contributed by atoms with Crippen LogP contribution in [0.5, 0.6) is 28.7 Å². The molecule has 1 heterocycles. The topological polar surface area (TPSA) is 174 Å². The van der Waals surface area contributed by atoms with Crippen LogP contribution in [0.3, 0.4) is 0 Å². The first-order valence-electron chi connectivity index (χ1n) is 12.5. The van der Waals surface area contributed by atoms with Crippen LogP contribution in [0, 0.1) is 0 Å². The quantitative estimate of drug-likeness (QED) is 0.212. The molecule has 0 unspecified atom stereocenters. The Hall–Kier alpha value is -5.50. The first kappa shape index (κ1) is 30.5. The summed E-state index contributed by atoms with van der Waals surface area (Å²) < 4.78 is 56.3. The van der Waals surface area contributed by atoms with Crippen molar-refractivity contribution in [3.8, 4) is 28.7 Å². The summed E-state index contributed by atoms with van der Waals surface area (Å²) in [5.74, 6) is -0.799. The molecular formula is C29H26N3O10S-. The van der Waals surface area contributed by atoms with Gasteiger partial charge in [0.05, 0.1) is 30.8 Å². The highest BCUT2D eigenvalue weighted by molar-refractivity contribution is 7.92. The lowest BCUT2D eigenvalue weighted by Crippen LogP contribution is -2.23.